The van der Waals surface area contributed by atoms with Gasteiger partial charge in [-0.05, 0) is 72.5 Å². The number of aliphatic carboxylic acids is 3. The Labute approximate surface area is 264 Å². The third-order valence-electron chi connectivity index (χ3n) is 7.05. The van der Waals surface area contributed by atoms with Crippen LogP contribution in [0.5, 0.6) is 11.5 Å². The van der Waals surface area contributed by atoms with E-state index in [1.54, 1.807) is 7.11 Å². The van der Waals surface area contributed by atoms with Crippen molar-refractivity contribution in [2.45, 2.75) is 45.1 Å². The van der Waals surface area contributed by atoms with Gasteiger partial charge in [-0.1, -0.05) is 74.5 Å². The zero-order valence-electron chi connectivity index (χ0n) is 26.0. The van der Waals surface area contributed by atoms with Gasteiger partial charge in [0.25, 0.3) is 0 Å². The van der Waals surface area contributed by atoms with Gasteiger partial charge in [-0.3, -0.25) is 9.59 Å². The van der Waals surface area contributed by atoms with Gasteiger partial charge < -0.3 is 34.8 Å². The molecule has 0 atom stereocenters. The second-order valence-corrected chi connectivity index (χ2v) is 10.2. The normalized spacial score (nSPS) is 11.1. The van der Waals surface area contributed by atoms with Crippen LogP contribution < -0.4 is 9.47 Å². The first-order valence-corrected chi connectivity index (χ1v) is 14.7. The summed E-state index contributed by atoms with van der Waals surface area (Å²) >= 11 is 0. The van der Waals surface area contributed by atoms with Crippen molar-refractivity contribution in [1.29, 1.82) is 0 Å². The molecule has 10 heteroatoms. The maximum Gasteiger partial charge on any atom is 0.336 e. The van der Waals surface area contributed by atoms with Gasteiger partial charge >= 0.3 is 17.9 Å². The lowest BCUT2D eigenvalue weighted by Crippen LogP contribution is -2.42. The first-order chi connectivity index (χ1) is 21.5. The highest BCUT2D eigenvalue weighted by Gasteiger charge is 2.40. The van der Waals surface area contributed by atoms with E-state index in [-0.39, 0.29) is 0 Å². The monoisotopic (exact) mass is 621 g/mol. The molecule has 0 aliphatic carbocycles. The van der Waals surface area contributed by atoms with Gasteiger partial charge in [0.1, 0.15) is 18.1 Å². The van der Waals surface area contributed by atoms with Crippen molar-refractivity contribution < 1.29 is 44.3 Å². The van der Waals surface area contributed by atoms with Gasteiger partial charge in [0.15, 0.2) is 5.60 Å². The minimum absolute atomic E-state index is 0.727. The average Bonchev–Trinajstić information content (AvgIpc) is 3.02. The van der Waals surface area contributed by atoms with Crippen LogP contribution in [0.3, 0.4) is 0 Å². The fourth-order valence-corrected chi connectivity index (χ4v) is 4.47. The second-order valence-electron chi connectivity index (χ2n) is 10.2. The largest absolute Gasteiger partial charge is 0.497 e. The standard InChI is InChI=1S/C29H35NO2.C6H8O7/c1-4-30(5-2)22-23-32-28-18-14-24(15-19-28)10-6-7-11-25-12-8-9-13-29(25)26-16-20-27(31-3)21-17-26;7-3(8)1-6(13,5(11)12)2-4(9)10/h6,8-10,12-21H,4-5,7,11,22-23H2,1-3H3;13H,1-2H2,(H,7,8)(H,9,10)(H,11,12). The van der Waals surface area contributed by atoms with Gasteiger partial charge in [-0.15, -0.1) is 0 Å². The average molecular weight is 622 g/mol. The molecule has 0 aliphatic rings. The summed E-state index contributed by atoms with van der Waals surface area (Å²) in [5, 5.41) is 33.8. The van der Waals surface area contributed by atoms with Crippen LogP contribution in [0, 0.1) is 0 Å². The molecule has 0 bridgehead atoms. The van der Waals surface area contributed by atoms with Gasteiger partial charge in [-0.25, -0.2) is 4.79 Å². The Kier molecular flexibility index (Phi) is 15.3. The minimum Gasteiger partial charge on any atom is -0.497 e. The number of carbonyl (C=O) groups is 3. The fraction of sp³-hybridized carbons (Fsp3) is 0.343. The third-order valence-corrected chi connectivity index (χ3v) is 7.05. The van der Waals surface area contributed by atoms with E-state index in [4.69, 9.17) is 29.9 Å². The van der Waals surface area contributed by atoms with Crippen molar-refractivity contribution in [1.82, 2.24) is 4.90 Å². The maximum absolute atomic E-state index is 10.3. The lowest BCUT2D eigenvalue weighted by Gasteiger charge is -2.18. The van der Waals surface area contributed by atoms with Crippen LogP contribution in [0.2, 0.25) is 0 Å². The highest BCUT2D eigenvalue weighted by atomic mass is 16.5. The summed E-state index contributed by atoms with van der Waals surface area (Å²) in [6.07, 6.45) is 4.15. The molecule has 0 saturated carbocycles. The molecular formula is C35H43NO9. The third kappa shape index (κ3) is 12.8. The Hall–Kier alpha value is -4.67. The first-order valence-electron chi connectivity index (χ1n) is 14.7. The molecule has 3 aromatic rings. The molecule has 0 fully saturated rings. The Bertz CT molecular complexity index is 1360. The lowest BCUT2D eigenvalue weighted by molar-refractivity contribution is -0.170. The highest BCUT2D eigenvalue weighted by molar-refractivity contribution is 5.88. The van der Waals surface area contributed by atoms with E-state index in [1.165, 1.54) is 22.3 Å². The number of allylic oxidation sites excluding steroid dienone is 1. The summed E-state index contributed by atoms with van der Waals surface area (Å²) in [5.41, 5.74) is 2.33. The second kappa shape index (κ2) is 18.9. The number of benzene rings is 3. The molecule has 0 unspecified atom stereocenters. The molecule has 242 valence electrons. The summed E-state index contributed by atoms with van der Waals surface area (Å²) in [6.45, 7) is 8.18. The number of hydrogen-bond donors (Lipinski definition) is 4. The number of carboxylic acid groups (broad SMARTS) is 3. The van der Waals surface area contributed by atoms with Gasteiger partial charge in [-0.2, -0.15) is 0 Å². The molecule has 3 rings (SSSR count). The number of methoxy groups -OCH3 is 1. The SMILES string of the molecule is CCN(CC)CCOc1ccc(C=CCCc2ccccc2-c2ccc(OC)cc2)cc1.O=C(O)CC(O)(CC(=O)O)C(=O)O. The van der Waals surface area contributed by atoms with E-state index in [0.29, 0.717) is 0 Å². The maximum atomic E-state index is 10.3. The summed E-state index contributed by atoms with van der Waals surface area (Å²) in [4.78, 5) is 32.8. The number of aliphatic hydroxyl groups is 1. The van der Waals surface area contributed by atoms with Crippen molar-refractivity contribution in [2.24, 2.45) is 0 Å². The van der Waals surface area contributed by atoms with Crippen molar-refractivity contribution in [2.75, 3.05) is 33.4 Å². The van der Waals surface area contributed by atoms with E-state index in [0.717, 1.165) is 50.6 Å². The molecule has 0 aliphatic heterocycles. The van der Waals surface area contributed by atoms with Crippen LogP contribution in [-0.4, -0.2) is 82.2 Å². The zero-order chi connectivity index (χ0) is 33.2. The number of carboxylic acids is 3. The quantitative estimate of drug-likeness (QED) is 0.152. The molecule has 0 amide bonds. The van der Waals surface area contributed by atoms with Crippen molar-refractivity contribution in [3.05, 3.63) is 90.0 Å². The molecule has 45 heavy (non-hydrogen) atoms. The fourth-order valence-electron chi connectivity index (χ4n) is 4.47. The van der Waals surface area contributed by atoms with E-state index in [9.17, 15) is 14.4 Å². The van der Waals surface area contributed by atoms with Gasteiger partial charge in [0.2, 0.25) is 0 Å². The van der Waals surface area contributed by atoms with Crippen LogP contribution in [0.4, 0.5) is 0 Å². The Morgan fingerprint density at radius 3 is 1.93 bits per heavy atom. The van der Waals surface area contributed by atoms with Crippen molar-refractivity contribution in [3.8, 4) is 22.6 Å². The molecule has 0 aromatic heterocycles. The number of likely N-dealkylation sites (N-methyl/N-ethyl adjacent to an activating group) is 1. The smallest absolute Gasteiger partial charge is 0.336 e. The van der Waals surface area contributed by atoms with Crippen LogP contribution in [0.25, 0.3) is 17.2 Å². The molecule has 10 nitrogen and oxygen atoms in total. The first kappa shape index (κ1) is 36.5. The Balaban J connectivity index is 0.000000459. The molecule has 0 spiro atoms. The zero-order valence-corrected chi connectivity index (χ0v) is 26.0. The van der Waals surface area contributed by atoms with E-state index in [2.05, 4.69) is 91.6 Å². The Morgan fingerprint density at radius 1 is 0.822 bits per heavy atom. The molecule has 0 saturated heterocycles. The van der Waals surface area contributed by atoms with Crippen molar-refractivity contribution in [3.63, 3.8) is 0 Å². The summed E-state index contributed by atoms with van der Waals surface area (Å²) in [7, 11) is 1.70. The number of ether oxygens (including phenoxy) is 2. The summed E-state index contributed by atoms with van der Waals surface area (Å²) < 4.78 is 11.2. The molecule has 4 N–H and O–H groups in total. The number of nitrogens with zero attached hydrogens (tertiary/aromatic N) is 1. The summed E-state index contributed by atoms with van der Waals surface area (Å²) in [6, 6.07) is 25.3. The summed E-state index contributed by atoms with van der Waals surface area (Å²) in [5.74, 6) is -3.20. The predicted octanol–water partition coefficient (Wildman–Crippen LogP) is 5.48. The van der Waals surface area contributed by atoms with Crippen LogP contribution in [0.15, 0.2) is 78.9 Å². The molecule has 0 radical (unpaired) electrons. The number of aryl methyl sites for hydroxylation is 1. The molecule has 0 heterocycles. The topological polar surface area (TPSA) is 154 Å². The van der Waals surface area contributed by atoms with Crippen LogP contribution in [-0.2, 0) is 20.8 Å². The van der Waals surface area contributed by atoms with Crippen molar-refractivity contribution >= 4 is 24.0 Å². The van der Waals surface area contributed by atoms with E-state index in [1.807, 2.05) is 12.1 Å². The van der Waals surface area contributed by atoms with Gasteiger partial charge in [0.05, 0.1) is 20.0 Å². The number of rotatable bonds is 17. The highest BCUT2D eigenvalue weighted by Crippen LogP contribution is 2.27. The minimum atomic E-state index is -2.74. The van der Waals surface area contributed by atoms with Crippen LogP contribution >= 0.6 is 0 Å². The number of hydrogen-bond acceptors (Lipinski definition) is 7. The van der Waals surface area contributed by atoms with Crippen LogP contribution in [0.1, 0.15) is 44.2 Å². The Morgan fingerprint density at radius 2 is 1.40 bits per heavy atom. The lowest BCUT2D eigenvalue weighted by atomic mass is 9.96. The molecular weight excluding hydrogens is 578 g/mol. The van der Waals surface area contributed by atoms with E-state index >= 15 is 0 Å². The van der Waals surface area contributed by atoms with E-state index < -0.39 is 36.4 Å². The molecule has 3 aromatic carbocycles. The predicted molar refractivity (Wildman–Crippen MR) is 173 cm³/mol. The van der Waals surface area contributed by atoms with Gasteiger partial charge in [0, 0.05) is 6.54 Å².